The quantitative estimate of drug-likeness (QED) is 0.748. The molecule has 4 rings (SSSR count). The van der Waals surface area contributed by atoms with Crippen LogP contribution in [0, 0.1) is 0 Å². The predicted molar refractivity (Wildman–Crippen MR) is 92.2 cm³/mol. The van der Waals surface area contributed by atoms with E-state index < -0.39 is 0 Å². The molecular weight excluding hydrogens is 304 g/mol. The molecule has 24 heavy (non-hydrogen) atoms. The summed E-state index contributed by atoms with van der Waals surface area (Å²) in [5, 5.41) is 11.3. The summed E-state index contributed by atoms with van der Waals surface area (Å²) in [6.07, 6.45) is 3.71. The molecule has 0 aliphatic carbocycles. The number of hydrogen-bond acceptors (Lipinski definition) is 6. The van der Waals surface area contributed by atoms with Gasteiger partial charge in [-0.25, -0.2) is 4.98 Å². The van der Waals surface area contributed by atoms with Gasteiger partial charge in [-0.05, 0) is 24.5 Å². The Morgan fingerprint density at radius 3 is 3.21 bits per heavy atom. The fourth-order valence-corrected chi connectivity index (χ4v) is 3.09. The van der Waals surface area contributed by atoms with Gasteiger partial charge in [-0.3, -0.25) is 0 Å². The molecule has 0 radical (unpaired) electrons. The predicted octanol–water partition coefficient (Wildman–Crippen LogP) is 2.11. The van der Waals surface area contributed by atoms with E-state index in [1.165, 1.54) is 17.6 Å². The molecule has 2 N–H and O–H groups in total. The molecule has 3 heterocycles. The number of ether oxygens (including phenoxy) is 1. The Labute approximate surface area is 140 Å². The zero-order valence-corrected chi connectivity index (χ0v) is 13.6. The Bertz CT molecular complexity index is 846. The molecule has 124 valence electrons. The molecule has 0 amide bonds. The Morgan fingerprint density at radius 2 is 2.29 bits per heavy atom. The molecule has 1 aliphatic heterocycles. The summed E-state index contributed by atoms with van der Waals surface area (Å²) < 4.78 is 6.90. The highest BCUT2D eigenvalue weighted by Gasteiger charge is 2.17. The minimum absolute atomic E-state index is 0.373. The molecule has 7 nitrogen and oxygen atoms in total. The second-order valence-corrected chi connectivity index (χ2v) is 5.96. The van der Waals surface area contributed by atoms with Crippen LogP contribution in [0.3, 0.4) is 0 Å². The summed E-state index contributed by atoms with van der Waals surface area (Å²) in [5.41, 5.74) is 3.46. The summed E-state index contributed by atoms with van der Waals surface area (Å²) >= 11 is 0. The lowest BCUT2D eigenvalue weighted by atomic mass is 9.98. The number of fused-ring (bicyclic) bond motifs is 2. The lowest BCUT2D eigenvalue weighted by molar-refractivity contribution is 0.181. The van der Waals surface area contributed by atoms with Crippen LogP contribution in [-0.2, 0) is 17.8 Å². The van der Waals surface area contributed by atoms with Crippen molar-refractivity contribution in [2.45, 2.75) is 25.5 Å². The van der Waals surface area contributed by atoms with Gasteiger partial charge in [-0.2, -0.15) is 14.6 Å². The third-order valence-corrected chi connectivity index (χ3v) is 4.27. The standard InChI is InChI=1S/C17H20N6O/c1-24-10-14-8-16(23-17(22-14)19-11-20-23)18-9-13-7-6-12-4-2-3-5-15(12)21-13/h2-5,8,11,13,18,21H,6-7,9-10H2,1H3. The Morgan fingerprint density at radius 1 is 1.38 bits per heavy atom. The SMILES string of the molecule is COCc1cc(NCC2CCc3ccccc3N2)n2ncnc2n1. The maximum atomic E-state index is 5.18. The average molecular weight is 324 g/mol. The van der Waals surface area contributed by atoms with Crippen molar-refractivity contribution in [2.24, 2.45) is 0 Å². The monoisotopic (exact) mass is 324 g/mol. The Balaban J connectivity index is 1.50. The van der Waals surface area contributed by atoms with E-state index in [1.807, 2.05) is 6.07 Å². The van der Waals surface area contributed by atoms with Crippen molar-refractivity contribution in [1.82, 2.24) is 19.6 Å². The number of methoxy groups -OCH3 is 1. The lowest BCUT2D eigenvalue weighted by Gasteiger charge is -2.27. The van der Waals surface area contributed by atoms with Crippen LogP contribution in [0.2, 0.25) is 0 Å². The molecule has 0 saturated carbocycles. The average Bonchev–Trinajstić information content (AvgIpc) is 3.08. The van der Waals surface area contributed by atoms with Crippen molar-refractivity contribution in [3.8, 4) is 0 Å². The first kappa shape index (κ1) is 14.9. The largest absolute Gasteiger partial charge is 0.380 e. The van der Waals surface area contributed by atoms with E-state index >= 15 is 0 Å². The van der Waals surface area contributed by atoms with E-state index in [2.05, 4.69) is 50.0 Å². The number of aryl methyl sites for hydroxylation is 1. The van der Waals surface area contributed by atoms with Crippen LogP contribution in [-0.4, -0.2) is 39.3 Å². The molecular formula is C17H20N6O. The topological polar surface area (TPSA) is 76.4 Å². The highest BCUT2D eigenvalue weighted by Crippen LogP contribution is 2.24. The Kier molecular flexibility index (Phi) is 4.00. The van der Waals surface area contributed by atoms with Crippen LogP contribution in [0.1, 0.15) is 17.7 Å². The maximum Gasteiger partial charge on any atom is 0.254 e. The van der Waals surface area contributed by atoms with Gasteiger partial charge in [-0.15, -0.1) is 0 Å². The van der Waals surface area contributed by atoms with Crippen molar-refractivity contribution < 1.29 is 4.74 Å². The number of rotatable bonds is 5. The number of nitrogens with zero attached hydrogens (tertiary/aromatic N) is 4. The fourth-order valence-electron chi connectivity index (χ4n) is 3.09. The van der Waals surface area contributed by atoms with Crippen LogP contribution >= 0.6 is 0 Å². The van der Waals surface area contributed by atoms with Gasteiger partial charge in [0, 0.05) is 31.5 Å². The molecule has 0 spiro atoms. The van der Waals surface area contributed by atoms with E-state index in [1.54, 1.807) is 11.6 Å². The Hall–Kier alpha value is -2.67. The smallest absolute Gasteiger partial charge is 0.254 e. The van der Waals surface area contributed by atoms with Crippen LogP contribution in [0.4, 0.5) is 11.5 Å². The third kappa shape index (κ3) is 2.90. The van der Waals surface area contributed by atoms with Gasteiger partial charge in [0.15, 0.2) is 0 Å². The molecule has 1 atom stereocenters. The highest BCUT2D eigenvalue weighted by atomic mass is 16.5. The van der Waals surface area contributed by atoms with Gasteiger partial charge in [0.05, 0.1) is 12.3 Å². The van der Waals surface area contributed by atoms with Crippen molar-refractivity contribution in [3.05, 3.63) is 47.9 Å². The van der Waals surface area contributed by atoms with Gasteiger partial charge in [0.25, 0.3) is 5.78 Å². The van der Waals surface area contributed by atoms with E-state index in [-0.39, 0.29) is 0 Å². The molecule has 0 fully saturated rings. The van der Waals surface area contributed by atoms with Crippen LogP contribution < -0.4 is 10.6 Å². The van der Waals surface area contributed by atoms with Crippen molar-refractivity contribution >= 4 is 17.3 Å². The first-order valence-electron chi connectivity index (χ1n) is 8.10. The fraction of sp³-hybridized carbons (Fsp3) is 0.353. The van der Waals surface area contributed by atoms with Crippen molar-refractivity contribution in [2.75, 3.05) is 24.3 Å². The summed E-state index contributed by atoms with van der Waals surface area (Å²) in [5.74, 6) is 1.46. The second kappa shape index (κ2) is 6.45. The van der Waals surface area contributed by atoms with E-state index in [0.29, 0.717) is 18.4 Å². The van der Waals surface area contributed by atoms with Gasteiger partial charge in [0.1, 0.15) is 12.1 Å². The van der Waals surface area contributed by atoms with E-state index in [9.17, 15) is 0 Å². The first-order chi connectivity index (χ1) is 11.8. The number of anilines is 2. The molecule has 7 heteroatoms. The highest BCUT2D eigenvalue weighted by molar-refractivity contribution is 5.54. The summed E-state index contributed by atoms with van der Waals surface area (Å²) in [7, 11) is 1.66. The van der Waals surface area contributed by atoms with Gasteiger partial charge in [0.2, 0.25) is 0 Å². The molecule has 0 bridgehead atoms. The minimum atomic E-state index is 0.373. The molecule has 1 unspecified atom stereocenters. The number of benzene rings is 1. The van der Waals surface area contributed by atoms with Crippen LogP contribution in [0.25, 0.3) is 5.78 Å². The van der Waals surface area contributed by atoms with E-state index in [4.69, 9.17) is 4.74 Å². The third-order valence-electron chi connectivity index (χ3n) is 4.27. The molecule has 2 aromatic heterocycles. The van der Waals surface area contributed by atoms with Crippen molar-refractivity contribution in [1.29, 1.82) is 0 Å². The summed E-state index contributed by atoms with van der Waals surface area (Å²) in [4.78, 5) is 8.60. The first-order valence-corrected chi connectivity index (χ1v) is 8.10. The normalized spacial score (nSPS) is 16.6. The molecule has 1 aromatic carbocycles. The zero-order valence-electron chi connectivity index (χ0n) is 13.6. The van der Waals surface area contributed by atoms with Gasteiger partial charge in [-0.1, -0.05) is 18.2 Å². The number of hydrogen-bond donors (Lipinski definition) is 2. The van der Waals surface area contributed by atoms with E-state index in [0.717, 1.165) is 30.9 Å². The molecule has 1 aliphatic rings. The molecule has 0 saturated heterocycles. The minimum Gasteiger partial charge on any atom is -0.380 e. The van der Waals surface area contributed by atoms with Gasteiger partial charge < -0.3 is 15.4 Å². The van der Waals surface area contributed by atoms with Crippen LogP contribution in [0.5, 0.6) is 0 Å². The zero-order chi connectivity index (χ0) is 16.4. The number of aromatic nitrogens is 4. The summed E-state index contributed by atoms with van der Waals surface area (Å²) in [6.45, 7) is 1.26. The number of para-hydroxylation sites is 1. The lowest BCUT2D eigenvalue weighted by Crippen LogP contribution is -2.32. The van der Waals surface area contributed by atoms with Gasteiger partial charge >= 0.3 is 0 Å². The number of nitrogens with one attached hydrogen (secondary N) is 2. The maximum absolute atomic E-state index is 5.18. The van der Waals surface area contributed by atoms with Crippen molar-refractivity contribution in [3.63, 3.8) is 0 Å². The second-order valence-electron chi connectivity index (χ2n) is 5.96. The summed E-state index contributed by atoms with van der Waals surface area (Å²) in [6, 6.07) is 10.8. The van der Waals surface area contributed by atoms with Crippen LogP contribution in [0.15, 0.2) is 36.7 Å². The molecule has 3 aromatic rings.